The summed E-state index contributed by atoms with van der Waals surface area (Å²) in [6.07, 6.45) is -4.64. The summed E-state index contributed by atoms with van der Waals surface area (Å²) in [7, 11) is 2.57. The van der Waals surface area contributed by atoms with Crippen molar-refractivity contribution in [2.45, 2.75) is 20.2 Å². The Balaban J connectivity index is 0.000000421. The highest BCUT2D eigenvalue weighted by Crippen LogP contribution is 2.22. The summed E-state index contributed by atoms with van der Waals surface area (Å²) < 4.78 is 39.4. The van der Waals surface area contributed by atoms with Crippen molar-refractivity contribution in [1.29, 1.82) is 5.41 Å². The van der Waals surface area contributed by atoms with E-state index in [0.717, 1.165) is 27.5 Å². The molecule has 0 saturated carbocycles. The van der Waals surface area contributed by atoms with Crippen LogP contribution in [0, 0.1) is 5.41 Å². The SMILES string of the molecule is CC.N=C(N)c1ccc(Br)c(P)c1.Nc1ccc(OC(F)(F)F)cc1. The van der Waals surface area contributed by atoms with Gasteiger partial charge in [0.25, 0.3) is 0 Å². The van der Waals surface area contributed by atoms with Crippen LogP contribution >= 0.6 is 25.2 Å². The third-order valence-electron chi connectivity index (χ3n) is 2.42. The predicted octanol–water partition coefficient (Wildman–Crippen LogP) is 4.43. The second kappa shape index (κ2) is 10.9. The number of nitrogens with one attached hydrogen (secondary N) is 1. The zero-order chi connectivity index (χ0) is 19.6. The van der Waals surface area contributed by atoms with Gasteiger partial charge in [-0.1, -0.05) is 35.8 Å². The standard InChI is InChI=1S/C7H8BrN2P.C7H6F3NO.C2H6/c8-5-2-1-4(7(9)10)3-6(5)11;8-7(9,10)12-6-3-1-5(11)2-4-6;1-2/h1-3H,11H2,(H3,9,10);1-4H,11H2;1-2H3. The van der Waals surface area contributed by atoms with Crippen LogP contribution < -0.4 is 21.5 Å². The smallest absolute Gasteiger partial charge is 0.406 e. The molecule has 0 aliphatic heterocycles. The van der Waals surface area contributed by atoms with Crippen LogP contribution in [-0.4, -0.2) is 12.2 Å². The number of hydrogen-bond acceptors (Lipinski definition) is 3. The highest BCUT2D eigenvalue weighted by atomic mass is 79.9. The minimum absolute atomic E-state index is 0.0983. The molecule has 0 heterocycles. The number of alkyl halides is 3. The summed E-state index contributed by atoms with van der Waals surface area (Å²) in [6.45, 7) is 4.00. The molecule has 0 aliphatic carbocycles. The Morgan fingerprint density at radius 1 is 1.12 bits per heavy atom. The molecule has 2 aromatic carbocycles. The lowest BCUT2D eigenvalue weighted by molar-refractivity contribution is -0.274. The van der Waals surface area contributed by atoms with E-state index in [4.69, 9.17) is 16.9 Å². The number of benzene rings is 2. The molecule has 2 aromatic rings. The zero-order valence-electron chi connectivity index (χ0n) is 13.7. The Bertz CT molecular complexity index is 679. The molecule has 1 unspecified atom stereocenters. The van der Waals surface area contributed by atoms with Crippen molar-refractivity contribution in [3.05, 3.63) is 52.5 Å². The first-order valence-corrected chi connectivity index (χ1v) is 8.46. The number of hydrogen-bond donors (Lipinski definition) is 3. The van der Waals surface area contributed by atoms with E-state index >= 15 is 0 Å². The molecule has 5 N–H and O–H groups in total. The molecule has 0 bridgehead atoms. The highest BCUT2D eigenvalue weighted by molar-refractivity contribution is 9.10. The first-order valence-electron chi connectivity index (χ1n) is 7.09. The first kappa shape index (κ1) is 23.2. The number of amidine groups is 1. The van der Waals surface area contributed by atoms with Gasteiger partial charge in [-0.15, -0.1) is 22.4 Å². The molecule has 0 aliphatic rings. The molecule has 0 radical (unpaired) electrons. The average Bonchev–Trinajstić information content (AvgIpc) is 2.53. The van der Waals surface area contributed by atoms with Crippen LogP contribution in [0.25, 0.3) is 0 Å². The van der Waals surface area contributed by atoms with E-state index in [2.05, 4.69) is 29.9 Å². The third-order valence-corrected chi connectivity index (χ3v) is 4.04. The molecule has 0 amide bonds. The molecule has 0 fully saturated rings. The Kier molecular flexibility index (Phi) is 10.2. The topological polar surface area (TPSA) is 85.1 Å². The lowest BCUT2D eigenvalue weighted by Gasteiger charge is -2.07. The van der Waals surface area contributed by atoms with Gasteiger partial charge in [-0.25, -0.2) is 0 Å². The Morgan fingerprint density at radius 2 is 1.64 bits per heavy atom. The fraction of sp³-hybridized carbons (Fsp3) is 0.188. The van der Waals surface area contributed by atoms with Crippen molar-refractivity contribution < 1.29 is 17.9 Å². The van der Waals surface area contributed by atoms with Crippen LogP contribution in [0.3, 0.4) is 0 Å². The second-order valence-electron chi connectivity index (χ2n) is 4.27. The van der Waals surface area contributed by atoms with Gasteiger partial charge in [0.2, 0.25) is 0 Å². The van der Waals surface area contributed by atoms with E-state index in [9.17, 15) is 13.2 Å². The Labute approximate surface area is 155 Å². The largest absolute Gasteiger partial charge is 0.573 e. The molecule has 1 atom stereocenters. The summed E-state index contributed by atoms with van der Waals surface area (Å²) in [5.41, 5.74) is 11.7. The number of nitrogen functional groups attached to an aromatic ring is 2. The van der Waals surface area contributed by atoms with Crippen LogP contribution in [-0.2, 0) is 0 Å². The van der Waals surface area contributed by atoms with Gasteiger partial charge >= 0.3 is 6.36 Å². The van der Waals surface area contributed by atoms with Gasteiger partial charge < -0.3 is 16.2 Å². The van der Waals surface area contributed by atoms with Crippen molar-refractivity contribution in [2.75, 3.05) is 5.73 Å². The van der Waals surface area contributed by atoms with Gasteiger partial charge in [0, 0.05) is 15.7 Å². The van der Waals surface area contributed by atoms with Gasteiger partial charge in [0.15, 0.2) is 0 Å². The Morgan fingerprint density at radius 3 is 2.04 bits per heavy atom. The van der Waals surface area contributed by atoms with Gasteiger partial charge in [-0.2, -0.15) is 0 Å². The van der Waals surface area contributed by atoms with Crippen LogP contribution in [0.4, 0.5) is 18.9 Å². The van der Waals surface area contributed by atoms with Gasteiger partial charge in [-0.3, -0.25) is 5.41 Å². The normalized spacial score (nSPS) is 9.88. The van der Waals surface area contributed by atoms with E-state index in [1.165, 1.54) is 12.1 Å². The molecule has 25 heavy (non-hydrogen) atoms. The molecule has 2 rings (SSSR count). The number of halogens is 4. The summed E-state index contributed by atoms with van der Waals surface area (Å²) in [5, 5.41) is 8.17. The fourth-order valence-corrected chi connectivity index (χ4v) is 1.90. The van der Waals surface area contributed by atoms with Gasteiger partial charge in [0.05, 0.1) is 0 Å². The zero-order valence-corrected chi connectivity index (χ0v) is 16.4. The van der Waals surface area contributed by atoms with E-state index < -0.39 is 6.36 Å². The molecule has 4 nitrogen and oxygen atoms in total. The number of ether oxygens (including phenoxy) is 1. The van der Waals surface area contributed by atoms with Crippen molar-refractivity contribution >= 4 is 42.0 Å². The second-order valence-corrected chi connectivity index (χ2v) is 5.74. The van der Waals surface area contributed by atoms with E-state index in [1.807, 2.05) is 26.0 Å². The molecular weight excluding hydrogens is 418 g/mol. The van der Waals surface area contributed by atoms with Crippen molar-refractivity contribution in [3.8, 4) is 5.75 Å². The molecule has 0 saturated heterocycles. The number of anilines is 1. The van der Waals surface area contributed by atoms with Crippen molar-refractivity contribution in [3.63, 3.8) is 0 Å². The summed E-state index contributed by atoms with van der Waals surface area (Å²) >= 11 is 3.35. The van der Waals surface area contributed by atoms with E-state index in [1.54, 1.807) is 6.07 Å². The first-order chi connectivity index (χ1) is 11.6. The minimum atomic E-state index is -4.64. The lowest BCUT2D eigenvalue weighted by Crippen LogP contribution is -2.16. The summed E-state index contributed by atoms with van der Waals surface area (Å²) in [4.78, 5) is 0. The van der Waals surface area contributed by atoms with Crippen molar-refractivity contribution in [2.24, 2.45) is 5.73 Å². The molecule has 138 valence electrons. The maximum Gasteiger partial charge on any atom is 0.573 e. The summed E-state index contributed by atoms with van der Waals surface area (Å²) in [5.74, 6) is -0.169. The maximum atomic E-state index is 11.6. The van der Waals surface area contributed by atoms with Gasteiger partial charge in [-0.05, 0) is 41.7 Å². The molecule has 0 aromatic heterocycles. The van der Waals surface area contributed by atoms with Gasteiger partial charge in [0.1, 0.15) is 11.6 Å². The van der Waals surface area contributed by atoms with Crippen LogP contribution in [0.5, 0.6) is 5.75 Å². The fourth-order valence-electron chi connectivity index (χ4n) is 1.38. The monoisotopic (exact) mass is 437 g/mol. The third kappa shape index (κ3) is 9.94. The van der Waals surface area contributed by atoms with Crippen LogP contribution in [0.1, 0.15) is 19.4 Å². The van der Waals surface area contributed by atoms with Crippen molar-refractivity contribution in [1.82, 2.24) is 0 Å². The Hall–Kier alpha value is -1.79. The molecule has 0 spiro atoms. The van der Waals surface area contributed by atoms with Crippen LogP contribution in [0.2, 0.25) is 0 Å². The lowest BCUT2D eigenvalue weighted by atomic mass is 10.2. The van der Waals surface area contributed by atoms with E-state index in [-0.39, 0.29) is 11.6 Å². The quantitative estimate of drug-likeness (QED) is 0.281. The molecular formula is C16H20BrF3N3OP. The number of nitrogens with two attached hydrogens (primary N) is 2. The van der Waals surface area contributed by atoms with Crippen LogP contribution in [0.15, 0.2) is 46.9 Å². The summed E-state index contributed by atoms with van der Waals surface area (Å²) in [6, 6.07) is 10.5. The number of rotatable bonds is 2. The highest BCUT2D eigenvalue weighted by Gasteiger charge is 2.30. The maximum absolute atomic E-state index is 11.6. The average molecular weight is 438 g/mol. The van der Waals surface area contributed by atoms with E-state index in [0.29, 0.717) is 5.69 Å². The minimum Gasteiger partial charge on any atom is -0.406 e. The predicted molar refractivity (Wildman–Crippen MR) is 103 cm³/mol. The molecule has 9 heteroatoms.